The van der Waals surface area contributed by atoms with Crippen molar-refractivity contribution in [3.05, 3.63) is 0 Å². The van der Waals surface area contributed by atoms with Crippen LogP contribution in [0, 0.1) is 40.9 Å². The topological polar surface area (TPSA) is 171 Å². The summed E-state index contributed by atoms with van der Waals surface area (Å²) in [5, 5.41) is 35.5. The smallest absolute Gasteiger partial charge is 0.307 e. The van der Waals surface area contributed by atoms with Crippen LogP contribution in [0.1, 0.15) is 162 Å². The maximum absolute atomic E-state index is 13.0. The van der Waals surface area contributed by atoms with Gasteiger partial charge in [-0.1, -0.05) is 26.7 Å². The molecular formula is C43H70N2O9. The minimum atomic E-state index is -0.944. The Morgan fingerprint density at radius 2 is 0.852 bits per heavy atom. The maximum atomic E-state index is 13.0. The Hall–Kier alpha value is -2.24. The molecule has 6 aliphatic carbocycles. The number of aliphatic hydroxyl groups is 1. The number of nitrogens with one attached hydrogen (secondary N) is 2. The number of carbonyl (C=O) groups is 4. The Morgan fingerprint density at radius 1 is 0.481 bits per heavy atom. The van der Waals surface area contributed by atoms with Crippen molar-refractivity contribution in [3.63, 3.8) is 0 Å². The summed E-state index contributed by atoms with van der Waals surface area (Å²) in [4.78, 5) is 49.4. The van der Waals surface area contributed by atoms with E-state index in [1.54, 1.807) is 0 Å². The third kappa shape index (κ3) is 10.6. The van der Waals surface area contributed by atoms with Crippen molar-refractivity contribution in [2.24, 2.45) is 40.9 Å². The molecule has 5 unspecified atom stereocenters. The van der Waals surface area contributed by atoms with E-state index in [1.165, 1.54) is 25.7 Å². The molecule has 0 saturated heterocycles. The van der Waals surface area contributed by atoms with Crippen LogP contribution >= 0.6 is 0 Å². The molecule has 0 spiro atoms. The number of aliphatic carboxylic acids is 2. The normalized spacial score (nSPS) is 39.6. The SMILES string of the molecule is CC(C)(C1CCC(OC2CCC(NC(=O)C3CCCCC3C(=O)O)CC2)CC1)C1CCC(OC2CCC(NC(=O)C3CC(O)CCC3C(=O)O)CC2)CC1. The van der Waals surface area contributed by atoms with E-state index in [1.807, 2.05) is 0 Å². The summed E-state index contributed by atoms with van der Waals surface area (Å²) in [6.45, 7) is 4.99. The zero-order chi connectivity index (χ0) is 38.4. The lowest BCUT2D eigenvalue weighted by molar-refractivity contribution is -0.151. The number of aliphatic hydroxyl groups excluding tert-OH is 1. The van der Waals surface area contributed by atoms with Gasteiger partial charge in [0, 0.05) is 12.1 Å². The highest BCUT2D eigenvalue weighted by Gasteiger charge is 2.43. The van der Waals surface area contributed by atoms with E-state index in [9.17, 15) is 34.5 Å². The molecule has 0 heterocycles. The molecule has 11 nitrogen and oxygen atoms in total. The lowest BCUT2D eigenvalue weighted by atomic mass is 9.60. The maximum Gasteiger partial charge on any atom is 0.307 e. The first-order valence-corrected chi connectivity index (χ1v) is 21.9. The first-order valence-electron chi connectivity index (χ1n) is 21.9. The number of rotatable bonds is 12. The van der Waals surface area contributed by atoms with Gasteiger partial charge < -0.3 is 35.4 Å². The molecule has 0 aromatic rings. The van der Waals surface area contributed by atoms with E-state index in [-0.39, 0.29) is 47.9 Å². The number of carboxylic acid groups (broad SMARTS) is 2. The van der Waals surface area contributed by atoms with Crippen LogP contribution in [-0.4, -0.2) is 81.7 Å². The van der Waals surface area contributed by atoms with Crippen LogP contribution in [-0.2, 0) is 28.7 Å². The number of ether oxygens (including phenoxy) is 2. The molecule has 6 saturated carbocycles. The summed E-state index contributed by atoms with van der Waals surface area (Å²) in [5.41, 5.74) is 0.286. The highest BCUT2D eigenvalue weighted by molar-refractivity contribution is 5.85. The molecule has 6 fully saturated rings. The Bertz CT molecular complexity index is 1260. The summed E-state index contributed by atoms with van der Waals surface area (Å²) in [7, 11) is 0. The molecule has 0 aliphatic heterocycles. The molecule has 5 N–H and O–H groups in total. The molecule has 54 heavy (non-hydrogen) atoms. The van der Waals surface area contributed by atoms with Crippen molar-refractivity contribution < 1.29 is 44.0 Å². The van der Waals surface area contributed by atoms with Crippen LogP contribution in [0.25, 0.3) is 0 Å². The molecule has 0 aromatic carbocycles. The molecule has 0 radical (unpaired) electrons. The van der Waals surface area contributed by atoms with Gasteiger partial charge in [0.2, 0.25) is 11.8 Å². The fraction of sp³-hybridized carbons (Fsp3) is 0.907. The van der Waals surface area contributed by atoms with E-state index in [0.29, 0.717) is 49.7 Å². The predicted molar refractivity (Wildman–Crippen MR) is 203 cm³/mol. The Morgan fingerprint density at radius 3 is 1.28 bits per heavy atom. The van der Waals surface area contributed by atoms with E-state index < -0.39 is 41.7 Å². The second-order valence-corrected chi connectivity index (χ2v) is 18.9. The van der Waals surface area contributed by atoms with Crippen molar-refractivity contribution in [3.8, 4) is 0 Å². The van der Waals surface area contributed by atoms with Crippen molar-refractivity contribution in [2.75, 3.05) is 0 Å². The van der Waals surface area contributed by atoms with Crippen molar-refractivity contribution >= 4 is 23.8 Å². The second kappa shape index (κ2) is 18.8. The number of hydrogen-bond acceptors (Lipinski definition) is 7. The first kappa shape index (κ1) is 41.4. The Labute approximate surface area is 322 Å². The second-order valence-electron chi connectivity index (χ2n) is 18.9. The van der Waals surface area contributed by atoms with Crippen LogP contribution in [0.15, 0.2) is 0 Å². The number of amides is 2. The molecule has 11 heteroatoms. The van der Waals surface area contributed by atoms with Gasteiger partial charge in [-0.05, 0) is 152 Å². The predicted octanol–water partition coefficient (Wildman–Crippen LogP) is 6.77. The zero-order valence-corrected chi connectivity index (χ0v) is 33.1. The minimum absolute atomic E-state index is 0.0414. The average Bonchev–Trinajstić information content (AvgIpc) is 3.16. The molecule has 2 amide bonds. The van der Waals surface area contributed by atoms with E-state index in [0.717, 1.165) is 89.9 Å². The van der Waals surface area contributed by atoms with Crippen LogP contribution in [0.4, 0.5) is 0 Å². The summed E-state index contributed by atoms with van der Waals surface area (Å²) >= 11 is 0. The van der Waals surface area contributed by atoms with Gasteiger partial charge in [-0.3, -0.25) is 19.2 Å². The van der Waals surface area contributed by atoms with Gasteiger partial charge in [-0.15, -0.1) is 0 Å². The quantitative estimate of drug-likeness (QED) is 0.144. The van der Waals surface area contributed by atoms with Crippen molar-refractivity contribution in [1.82, 2.24) is 10.6 Å². The Kier molecular flexibility index (Phi) is 14.4. The van der Waals surface area contributed by atoms with Crippen molar-refractivity contribution in [2.45, 2.75) is 204 Å². The zero-order valence-electron chi connectivity index (χ0n) is 33.1. The molecule has 6 aliphatic rings. The molecule has 0 bridgehead atoms. The highest BCUT2D eigenvalue weighted by Crippen LogP contribution is 2.49. The first-order chi connectivity index (χ1) is 25.9. The number of carbonyl (C=O) groups excluding carboxylic acids is 2. The van der Waals surface area contributed by atoms with Crippen LogP contribution < -0.4 is 10.6 Å². The van der Waals surface area contributed by atoms with Gasteiger partial charge in [0.25, 0.3) is 0 Å². The number of carboxylic acids is 2. The summed E-state index contributed by atoms with van der Waals surface area (Å²) in [5.74, 6) is -2.97. The molecule has 306 valence electrons. The summed E-state index contributed by atoms with van der Waals surface area (Å²) in [6, 6.07) is 0.166. The minimum Gasteiger partial charge on any atom is -0.481 e. The van der Waals surface area contributed by atoms with Gasteiger partial charge >= 0.3 is 11.9 Å². The van der Waals surface area contributed by atoms with Gasteiger partial charge in [-0.2, -0.15) is 0 Å². The largest absolute Gasteiger partial charge is 0.481 e. The van der Waals surface area contributed by atoms with E-state index >= 15 is 0 Å². The van der Waals surface area contributed by atoms with E-state index in [4.69, 9.17) is 9.47 Å². The summed E-state index contributed by atoms with van der Waals surface area (Å²) < 4.78 is 13.3. The van der Waals surface area contributed by atoms with Gasteiger partial charge in [0.15, 0.2) is 0 Å². The highest BCUT2D eigenvalue weighted by atomic mass is 16.5. The number of hydrogen-bond donors (Lipinski definition) is 5. The average molecular weight is 759 g/mol. The molecule has 0 aromatic heterocycles. The fourth-order valence-electron chi connectivity index (χ4n) is 11.5. The lowest BCUT2D eigenvalue weighted by Gasteiger charge is -2.47. The standard InChI is InChI=1S/C43H70N2O9/c1-43(2,26-7-16-31(17-8-26)53-33-20-11-28(12-21-33)44-39(47)35-5-3-4-6-36(35)41(49)50)27-9-18-32(19-10-27)54-34-22-13-29(14-23-34)45-40(48)38-25-30(46)15-24-37(38)42(51)52/h26-38,46H,3-25H2,1-2H3,(H,44,47)(H,45,48)(H,49,50)(H,51,52). The third-order valence-corrected chi connectivity index (χ3v) is 15.2. The molecule has 6 rings (SSSR count). The van der Waals surface area contributed by atoms with Crippen LogP contribution in [0.2, 0.25) is 0 Å². The van der Waals surface area contributed by atoms with Gasteiger partial charge in [0.05, 0.1) is 54.2 Å². The molecule has 5 atom stereocenters. The third-order valence-electron chi connectivity index (χ3n) is 15.2. The van der Waals surface area contributed by atoms with Crippen LogP contribution in [0.3, 0.4) is 0 Å². The van der Waals surface area contributed by atoms with Crippen LogP contribution in [0.5, 0.6) is 0 Å². The van der Waals surface area contributed by atoms with Gasteiger partial charge in [-0.25, -0.2) is 0 Å². The Balaban J connectivity index is 0.846. The van der Waals surface area contributed by atoms with Gasteiger partial charge in [0.1, 0.15) is 0 Å². The lowest BCUT2D eigenvalue weighted by Crippen LogP contribution is -2.47. The van der Waals surface area contributed by atoms with Crippen molar-refractivity contribution in [1.29, 1.82) is 0 Å². The van der Waals surface area contributed by atoms with E-state index in [2.05, 4.69) is 24.5 Å². The molecular weight excluding hydrogens is 688 g/mol. The fourth-order valence-corrected chi connectivity index (χ4v) is 11.5. The summed E-state index contributed by atoms with van der Waals surface area (Å²) in [6.07, 6.45) is 21.1. The monoisotopic (exact) mass is 759 g/mol.